The van der Waals surface area contributed by atoms with Crippen LogP contribution in [0.4, 0.5) is 0 Å². The molecular formula is C16H24IN5O. The molecule has 1 aromatic carbocycles. The highest BCUT2D eigenvalue weighted by atomic mass is 127. The van der Waals surface area contributed by atoms with Gasteiger partial charge in [-0.05, 0) is 25.0 Å². The fraction of sp³-hybridized carbons (Fsp3) is 0.500. The number of hydrogen-bond donors (Lipinski definition) is 2. The predicted octanol–water partition coefficient (Wildman–Crippen LogP) is 2.00. The van der Waals surface area contributed by atoms with Crippen LogP contribution in [-0.4, -0.2) is 48.4 Å². The first-order valence-electron chi connectivity index (χ1n) is 7.83. The Morgan fingerprint density at radius 2 is 2.26 bits per heavy atom. The van der Waals surface area contributed by atoms with Crippen LogP contribution in [0.5, 0.6) is 0 Å². The molecule has 126 valence electrons. The number of rotatable bonds is 5. The largest absolute Gasteiger partial charge is 0.376 e. The Labute approximate surface area is 153 Å². The molecule has 2 aromatic rings. The average molecular weight is 429 g/mol. The highest BCUT2D eigenvalue weighted by molar-refractivity contribution is 14.0. The number of fused-ring (bicyclic) bond motifs is 1. The molecule has 0 bridgehead atoms. The van der Waals surface area contributed by atoms with E-state index >= 15 is 0 Å². The number of imidazole rings is 1. The Hall–Kier alpha value is -1.35. The van der Waals surface area contributed by atoms with Gasteiger partial charge in [0.25, 0.3) is 0 Å². The van der Waals surface area contributed by atoms with Crippen molar-refractivity contribution >= 4 is 41.0 Å². The minimum atomic E-state index is 0. The van der Waals surface area contributed by atoms with E-state index in [1.165, 1.54) is 0 Å². The number of hydrogen-bond acceptors (Lipinski definition) is 3. The summed E-state index contributed by atoms with van der Waals surface area (Å²) in [6.45, 7) is 3.34. The molecule has 1 fully saturated rings. The molecule has 7 heteroatoms. The van der Waals surface area contributed by atoms with Crippen molar-refractivity contribution in [3.63, 3.8) is 0 Å². The van der Waals surface area contributed by atoms with Gasteiger partial charge in [-0.1, -0.05) is 12.1 Å². The summed E-state index contributed by atoms with van der Waals surface area (Å²) in [7, 11) is 1.79. The third kappa shape index (κ3) is 4.81. The van der Waals surface area contributed by atoms with E-state index in [4.69, 9.17) is 4.74 Å². The van der Waals surface area contributed by atoms with Crippen molar-refractivity contribution in [3.05, 3.63) is 30.6 Å². The number of halogens is 1. The fourth-order valence-electron chi connectivity index (χ4n) is 2.72. The molecule has 6 nitrogen and oxygen atoms in total. The van der Waals surface area contributed by atoms with E-state index in [-0.39, 0.29) is 24.0 Å². The molecule has 3 rings (SSSR count). The molecule has 1 aromatic heterocycles. The molecule has 1 atom stereocenters. The first kappa shape index (κ1) is 18.0. The lowest BCUT2D eigenvalue weighted by molar-refractivity contribution is 0.114. The summed E-state index contributed by atoms with van der Waals surface area (Å²) < 4.78 is 7.75. The number of aromatic nitrogens is 2. The molecule has 23 heavy (non-hydrogen) atoms. The highest BCUT2D eigenvalue weighted by Crippen LogP contribution is 2.11. The fourth-order valence-corrected chi connectivity index (χ4v) is 2.72. The maximum absolute atomic E-state index is 5.60. The van der Waals surface area contributed by atoms with E-state index in [0.29, 0.717) is 6.10 Å². The summed E-state index contributed by atoms with van der Waals surface area (Å²) in [5, 5.41) is 6.65. The molecule has 0 saturated carbocycles. The van der Waals surface area contributed by atoms with E-state index in [1.54, 1.807) is 7.05 Å². The van der Waals surface area contributed by atoms with Crippen molar-refractivity contribution in [2.24, 2.45) is 4.99 Å². The van der Waals surface area contributed by atoms with Crippen LogP contribution in [0.25, 0.3) is 11.0 Å². The number of aliphatic imine (C=N–C) groups is 1. The van der Waals surface area contributed by atoms with Gasteiger partial charge in [0, 0.05) is 33.3 Å². The van der Waals surface area contributed by atoms with Crippen molar-refractivity contribution in [1.82, 2.24) is 20.2 Å². The van der Waals surface area contributed by atoms with Crippen LogP contribution in [0.15, 0.2) is 35.6 Å². The van der Waals surface area contributed by atoms with Gasteiger partial charge >= 0.3 is 0 Å². The summed E-state index contributed by atoms with van der Waals surface area (Å²) >= 11 is 0. The molecule has 2 N–H and O–H groups in total. The number of para-hydroxylation sites is 2. The van der Waals surface area contributed by atoms with Crippen LogP contribution < -0.4 is 10.6 Å². The Balaban J connectivity index is 0.00000192. The third-order valence-electron chi connectivity index (χ3n) is 3.92. The standard InChI is InChI=1S/C16H23N5O.HI/c1-17-16(19-11-13-5-4-10-22-13)18-8-9-21-12-20-14-6-2-3-7-15(14)21;/h2-3,6-7,12-13H,4-5,8-11H2,1H3,(H2,17,18,19);1H. The third-order valence-corrected chi connectivity index (χ3v) is 3.92. The molecule has 2 heterocycles. The second-order valence-electron chi connectivity index (χ2n) is 5.44. The zero-order chi connectivity index (χ0) is 15.2. The van der Waals surface area contributed by atoms with Gasteiger partial charge in [0.2, 0.25) is 0 Å². The normalized spacial score (nSPS) is 18.0. The van der Waals surface area contributed by atoms with Gasteiger partial charge in [0.15, 0.2) is 5.96 Å². The number of benzene rings is 1. The first-order valence-corrected chi connectivity index (χ1v) is 7.83. The van der Waals surface area contributed by atoms with Crippen LogP contribution in [0, 0.1) is 0 Å². The van der Waals surface area contributed by atoms with Crippen LogP contribution in [0.1, 0.15) is 12.8 Å². The lowest BCUT2D eigenvalue weighted by atomic mass is 10.2. The van der Waals surface area contributed by atoms with Gasteiger partial charge in [-0.15, -0.1) is 24.0 Å². The molecule has 1 aliphatic rings. The number of guanidine groups is 1. The van der Waals surface area contributed by atoms with Crippen molar-refractivity contribution in [3.8, 4) is 0 Å². The second kappa shape index (κ2) is 9.07. The topological polar surface area (TPSA) is 63.5 Å². The maximum atomic E-state index is 5.60. The highest BCUT2D eigenvalue weighted by Gasteiger charge is 2.15. The Morgan fingerprint density at radius 1 is 1.39 bits per heavy atom. The molecule has 0 spiro atoms. The lowest BCUT2D eigenvalue weighted by Gasteiger charge is -2.15. The molecule has 1 unspecified atom stereocenters. The minimum absolute atomic E-state index is 0. The van der Waals surface area contributed by atoms with Crippen molar-refractivity contribution in [1.29, 1.82) is 0 Å². The van der Waals surface area contributed by atoms with E-state index in [1.807, 2.05) is 24.5 Å². The van der Waals surface area contributed by atoms with Crippen molar-refractivity contribution < 1.29 is 4.74 Å². The van der Waals surface area contributed by atoms with E-state index in [2.05, 4.69) is 31.2 Å². The van der Waals surface area contributed by atoms with Crippen LogP contribution >= 0.6 is 24.0 Å². The SMILES string of the molecule is CN=C(NCCn1cnc2ccccc21)NCC1CCCO1.I. The van der Waals surface area contributed by atoms with Crippen molar-refractivity contribution in [2.45, 2.75) is 25.5 Å². The predicted molar refractivity (Wildman–Crippen MR) is 103 cm³/mol. The summed E-state index contributed by atoms with van der Waals surface area (Å²) in [4.78, 5) is 8.64. The summed E-state index contributed by atoms with van der Waals surface area (Å²) in [5.41, 5.74) is 2.19. The van der Waals surface area contributed by atoms with Gasteiger partial charge in [-0.2, -0.15) is 0 Å². The Kier molecular flexibility index (Phi) is 7.10. The molecule has 0 aliphatic carbocycles. The Bertz CT molecular complexity index is 636. The van der Waals surface area contributed by atoms with E-state index < -0.39 is 0 Å². The first-order chi connectivity index (χ1) is 10.9. The lowest BCUT2D eigenvalue weighted by Crippen LogP contribution is -2.42. The quantitative estimate of drug-likeness (QED) is 0.434. The number of nitrogens with zero attached hydrogens (tertiary/aromatic N) is 3. The molecular weight excluding hydrogens is 405 g/mol. The van der Waals surface area contributed by atoms with Gasteiger partial charge in [-0.3, -0.25) is 4.99 Å². The zero-order valence-electron chi connectivity index (χ0n) is 13.4. The van der Waals surface area contributed by atoms with Crippen LogP contribution in [0.3, 0.4) is 0 Å². The number of nitrogens with one attached hydrogen (secondary N) is 2. The molecule has 0 radical (unpaired) electrons. The van der Waals surface area contributed by atoms with Crippen molar-refractivity contribution in [2.75, 3.05) is 26.7 Å². The summed E-state index contributed by atoms with van der Waals surface area (Å²) in [6.07, 6.45) is 4.49. The molecule has 0 amide bonds. The average Bonchev–Trinajstić information content (AvgIpc) is 3.20. The van der Waals surface area contributed by atoms with E-state index in [0.717, 1.165) is 56.1 Å². The number of ether oxygens (including phenoxy) is 1. The van der Waals surface area contributed by atoms with Crippen LogP contribution in [0.2, 0.25) is 0 Å². The van der Waals surface area contributed by atoms with Gasteiger partial charge < -0.3 is 19.9 Å². The minimum Gasteiger partial charge on any atom is -0.376 e. The summed E-state index contributed by atoms with van der Waals surface area (Å²) in [5.74, 6) is 0.819. The van der Waals surface area contributed by atoms with Crippen LogP contribution in [-0.2, 0) is 11.3 Å². The molecule has 1 saturated heterocycles. The smallest absolute Gasteiger partial charge is 0.191 e. The molecule has 1 aliphatic heterocycles. The monoisotopic (exact) mass is 429 g/mol. The maximum Gasteiger partial charge on any atom is 0.191 e. The van der Waals surface area contributed by atoms with E-state index in [9.17, 15) is 0 Å². The zero-order valence-corrected chi connectivity index (χ0v) is 15.7. The second-order valence-corrected chi connectivity index (χ2v) is 5.44. The van der Waals surface area contributed by atoms with Gasteiger partial charge in [0.1, 0.15) is 0 Å². The summed E-state index contributed by atoms with van der Waals surface area (Å²) in [6, 6.07) is 8.17. The Morgan fingerprint density at radius 3 is 3.04 bits per heavy atom. The van der Waals surface area contributed by atoms with Gasteiger partial charge in [-0.25, -0.2) is 4.98 Å². The van der Waals surface area contributed by atoms with Gasteiger partial charge in [0.05, 0.1) is 23.5 Å².